The Kier molecular flexibility index (Phi) is 3.50. The van der Waals surface area contributed by atoms with Crippen LogP contribution >= 0.6 is 0 Å². The van der Waals surface area contributed by atoms with E-state index in [0.29, 0.717) is 5.92 Å². The fourth-order valence-corrected chi connectivity index (χ4v) is 0.903. The molecule has 0 radical (unpaired) electrons. The smallest absolute Gasteiger partial charge is 0.119 e. The average Bonchev–Trinajstić information content (AvgIpc) is 2.15. The number of benzene rings is 1. The third-order valence-electron chi connectivity index (χ3n) is 1.59. The van der Waals surface area contributed by atoms with E-state index < -0.39 is 0 Å². The van der Waals surface area contributed by atoms with Crippen LogP contribution in [0.25, 0.3) is 0 Å². The largest absolute Gasteiger partial charge is 0.497 e. The van der Waals surface area contributed by atoms with E-state index in [1.807, 2.05) is 30.5 Å². The Morgan fingerprint density at radius 1 is 1.23 bits per heavy atom. The van der Waals surface area contributed by atoms with Crippen LogP contribution in [0.4, 0.5) is 5.69 Å². The van der Waals surface area contributed by atoms with Crippen LogP contribution in [0.2, 0.25) is 0 Å². The van der Waals surface area contributed by atoms with Crippen LogP contribution in [-0.4, -0.2) is 13.3 Å². The molecule has 0 unspecified atom stereocenters. The van der Waals surface area contributed by atoms with E-state index in [2.05, 4.69) is 18.8 Å². The minimum absolute atomic E-state index is 0.488. The van der Waals surface area contributed by atoms with Gasteiger partial charge in [0.25, 0.3) is 0 Å². The molecule has 0 aliphatic carbocycles. The molecule has 1 aromatic rings. The maximum absolute atomic E-state index is 5.04. The number of aliphatic imine (C=N–C) groups is 1. The first-order valence-corrected chi connectivity index (χ1v) is 4.40. The summed E-state index contributed by atoms with van der Waals surface area (Å²) in [4.78, 5) is 4.30. The van der Waals surface area contributed by atoms with Gasteiger partial charge < -0.3 is 4.74 Å². The van der Waals surface area contributed by atoms with Crippen molar-refractivity contribution in [2.45, 2.75) is 13.8 Å². The Morgan fingerprint density at radius 2 is 1.85 bits per heavy atom. The van der Waals surface area contributed by atoms with Crippen LogP contribution in [0.15, 0.2) is 29.3 Å². The summed E-state index contributed by atoms with van der Waals surface area (Å²) in [7, 11) is 1.66. The average molecular weight is 177 g/mol. The van der Waals surface area contributed by atoms with E-state index in [1.165, 1.54) is 0 Å². The Morgan fingerprint density at radius 3 is 2.31 bits per heavy atom. The monoisotopic (exact) mass is 177 g/mol. The van der Waals surface area contributed by atoms with Gasteiger partial charge in [-0.15, -0.1) is 0 Å². The highest BCUT2D eigenvalue weighted by atomic mass is 16.5. The number of nitrogens with zero attached hydrogens (tertiary/aromatic N) is 1. The lowest BCUT2D eigenvalue weighted by Gasteiger charge is -1.99. The molecule has 0 spiro atoms. The van der Waals surface area contributed by atoms with Crippen LogP contribution in [-0.2, 0) is 0 Å². The Hall–Kier alpha value is -1.31. The number of hydrogen-bond acceptors (Lipinski definition) is 2. The van der Waals surface area contributed by atoms with Crippen LogP contribution in [0.1, 0.15) is 13.8 Å². The van der Waals surface area contributed by atoms with Crippen molar-refractivity contribution in [3.05, 3.63) is 24.3 Å². The van der Waals surface area contributed by atoms with Crippen molar-refractivity contribution in [2.24, 2.45) is 10.9 Å². The molecule has 0 saturated heterocycles. The van der Waals surface area contributed by atoms with E-state index >= 15 is 0 Å². The zero-order chi connectivity index (χ0) is 9.68. The normalized spacial score (nSPS) is 11.1. The van der Waals surface area contributed by atoms with Crippen molar-refractivity contribution in [3.8, 4) is 5.75 Å². The lowest BCUT2D eigenvalue weighted by atomic mass is 10.2. The number of methoxy groups -OCH3 is 1. The van der Waals surface area contributed by atoms with Gasteiger partial charge in [-0.25, -0.2) is 0 Å². The van der Waals surface area contributed by atoms with E-state index in [9.17, 15) is 0 Å². The van der Waals surface area contributed by atoms with Crippen molar-refractivity contribution >= 4 is 11.9 Å². The van der Waals surface area contributed by atoms with E-state index in [0.717, 1.165) is 11.4 Å². The number of rotatable bonds is 3. The molecule has 0 aromatic heterocycles. The second-order valence-electron chi connectivity index (χ2n) is 3.22. The van der Waals surface area contributed by atoms with Gasteiger partial charge in [-0.1, -0.05) is 13.8 Å². The Balaban J connectivity index is 2.69. The zero-order valence-corrected chi connectivity index (χ0v) is 8.32. The lowest BCUT2D eigenvalue weighted by Crippen LogP contribution is -1.85. The second kappa shape index (κ2) is 4.65. The van der Waals surface area contributed by atoms with Gasteiger partial charge in [-0.2, -0.15) is 0 Å². The first-order valence-electron chi connectivity index (χ1n) is 4.40. The predicted octanol–water partition coefficient (Wildman–Crippen LogP) is 3.05. The highest BCUT2D eigenvalue weighted by Gasteiger charge is 1.91. The summed E-state index contributed by atoms with van der Waals surface area (Å²) in [6.45, 7) is 4.21. The van der Waals surface area contributed by atoms with Gasteiger partial charge in [0, 0.05) is 6.21 Å². The van der Waals surface area contributed by atoms with Gasteiger partial charge >= 0.3 is 0 Å². The molecule has 2 heteroatoms. The molecule has 70 valence electrons. The minimum Gasteiger partial charge on any atom is -0.497 e. The predicted molar refractivity (Wildman–Crippen MR) is 56.0 cm³/mol. The molecule has 0 heterocycles. The van der Waals surface area contributed by atoms with Crippen molar-refractivity contribution < 1.29 is 4.74 Å². The first kappa shape index (κ1) is 9.78. The molecule has 0 atom stereocenters. The fourth-order valence-electron chi connectivity index (χ4n) is 0.903. The summed E-state index contributed by atoms with van der Waals surface area (Å²) in [5.41, 5.74) is 0.967. The standard InChI is InChI=1S/C11H15NO/c1-9(2)8-12-10-4-6-11(13-3)7-5-10/h4-9H,1-3H3. The van der Waals surface area contributed by atoms with Gasteiger partial charge in [0.1, 0.15) is 5.75 Å². The van der Waals surface area contributed by atoms with Gasteiger partial charge in [-0.3, -0.25) is 4.99 Å². The molecule has 0 aliphatic rings. The molecule has 0 aliphatic heterocycles. The quantitative estimate of drug-likeness (QED) is 0.650. The molecule has 0 fully saturated rings. The molecule has 0 saturated carbocycles. The van der Waals surface area contributed by atoms with Gasteiger partial charge in [-0.05, 0) is 30.2 Å². The van der Waals surface area contributed by atoms with Crippen molar-refractivity contribution in [1.82, 2.24) is 0 Å². The molecule has 13 heavy (non-hydrogen) atoms. The number of ether oxygens (including phenoxy) is 1. The molecule has 0 N–H and O–H groups in total. The summed E-state index contributed by atoms with van der Waals surface area (Å²) in [5.74, 6) is 1.35. The van der Waals surface area contributed by atoms with Gasteiger partial charge in [0.2, 0.25) is 0 Å². The maximum atomic E-state index is 5.04. The zero-order valence-electron chi connectivity index (χ0n) is 8.32. The van der Waals surface area contributed by atoms with Crippen molar-refractivity contribution in [1.29, 1.82) is 0 Å². The molecule has 2 nitrogen and oxygen atoms in total. The second-order valence-corrected chi connectivity index (χ2v) is 3.22. The van der Waals surface area contributed by atoms with Crippen LogP contribution < -0.4 is 4.74 Å². The first-order chi connectivity index (χ1) is 6.22. The molecular formula is C11H15NO. The highest BCUT2D eigenvalue weighted by molar-refractivity contribution is 5.65. The van der Waals surface area contributed by atoms with Crippen LogP contribution in [0.5, 0.6) is 5.75 Å². The fraction of sp³-hybridized carbons (Fsp3) is 0.364. The highest BCUT2D eigenvalue weighted by Crippen LogP contribution is 2.17. The Bertz CT molecular complexity index is 275. The summed E-state index contributed by atoms with van der Waals surface area (Å²) in [6, 6.07) is 7.70. The van der Waals surface area contributed by atoms with Gasteiger partial charge in [0.15, 0.2) is 0 Å². The topological polar surface area (TPSA) is 21.6 Å². The van der Waals surface area contributed by atoms with Crippen LogP contribution in [0.3, 0.4) is 0 Å². The SMILES string of the molecule is COc1ccc(N=CC(C)C)cc1. The third-order valence-corrected chi connectivity index (χ3v) is 1.59. The van der Waals surface area contributed by atoms with E-state index in [1.54, 1.807) is 7.11 Å². The summed E-state index contributed by atoms with van der Waals surface area (Å²) >= 11 is 0. The minimum atomic E-state index is 0.488. The van der Waals surface area contributed by atoms with Gasteiger partial charge in [0.05, 0.1) is 12.8 Å². The molecule has 1 rings (SSSR count). The molecule has 0 bridgehead atoms. The van der Waals surface area contributed by atoms with Crippen molar-refractivity contribution in [2.75, 3.05) is 7.11 Å². The summed E-state index contributed by atoms with van der Waals surface area (Å²) in [5, 5.41) is 0. The number of hydrogen-bond donors (Lipinski definition) is 0. The van der Waals surface area contributed by atoms with E-state index in [-0.39, 0.29) is 0 Å². The van der Waals surface area contributed by atoms with Crippen LogP contribution in [0, 0.1) is 5.92 Å². The van der Waals surface area contributed by atoms with E-state index in [4.69, 9.17) is 4.74 Å². The lowest BCUT2D eigenvalue weighted by molar-refractivity contribution is 0.415. The van der Waals surface area contributed by atoms with Crippen molar-refractivity contribution in [3.63, 3.8) is 0 Å². The maximum Gasteiger partial charge on any atom is 0.119 e. The summed E-state index contributed by atoms with van der Waals surface area (Å²) < 4.78 is 5.04. The third kappa shape index (κ3) is 3.28. The molecule has 0 amide bonds. The summed E-state index contributed by atoms with van der Waals surface area (Å²) in [6.07, 6.45) is 1.93. The Labute approximate surface area is 79.3 Å². The molecule has 1 aromatic carbocycles. The molecular weight excluding hydrogens is 162 g/mol.